The van der Waals surface area contributed by atoms with Gasteiger partial charge in [-0.05, 0) is 48.9 Å². The molecule has 2 aromatic heterocycles. The lowest BCUT2D eigenvalue weighted by Gasteiger charge is -2.34. The Bertz CT molecular complexity index is 1460. The summed E-state index contributed by atoms with van der Waals surface area (Å²) in [5, 5.41) is 7.89. The minimum atomic E-state index is -0.329. The standard InChI is InChI=1S/C25H25FN6O3S/c1-16-3-8-21(35-2)20(13-16)28-24(34)31-11-9-30(10-12-31)15-19-14-22(33)32-25(27-19)36-23(29-32)17-4-6-18(26)7-5-17/h3-8,13-14H,9-12,15H2,1-2H3,(H,28,34). The van der Waals surface area contributed by atoms with E-state index in [1.807, 2.05) is 25.1 Å². The van der Waals surface area contributed by atoms with Crippen LogP contribution < -0.4 is 15.6 Å². The predicted octanol–water partition coefficient (Wildman–Crippen LogP) is 3.62. The number of amides is 2. The summed E-state index contributed by atoms with van der Waals surface area (Å²) in [4.78, 5) is 34.5. The van der Waals surface area contributed by atoms with Crippen LogP contribution in [-0.2, 0) is 6.54 Å². The molecule has 1 saturated heterocycles. The molecule has 0 atom stereocenters. The number of aryl methyl sites for hydroxylation is 1. The van der Waals surface area contributed by atoms with E-state index in [0.717, 1.165) is 11.1 Å². The predicted molar refractivity (Wildman–Crippen MR) is 136 cm³/mol. The zero-order valence-electron chi connectivity index (χ0n) is 19.9. The third kappa shape index (κ3) is 5.07. The summed E-state index contributed by atoms with van der Waals surface area (Å²) in [6.07, 6.45) is 0. The molecule has 1 aliphatic heterocycles. The van der Waals surface area contributed by atoms with Gasteiger partial charge >= 0.3 is 6.03 Å². The van der Waals surface area contributed by atoms with Crippen LogP contribution in [0, 0.1) is 12.7 Å². The molecule has 2 aromatic carbocycles. The molecule has 1 aliphatic rings. The average Bonchev–Trinajstić information content (AvgIpc) is 3.30. The van der Waals surface area contributed by atoms with Gasteiger partial charge in [0.2, 0.25) is 4.96 Å². The highest BCUT2D eigenvalue weighted by Gasteiger charge is 2.23. The number of carbonyl (C=O) groups excluding carboxylic acids is 1. The van der Waals surface area contributed by atoms with Gasteiger partial charge in [0.05, 0.1) is 18.5 Å². The van der Waals surface area contributed by atoms with Crippen molar-refractivity contribution in [3.8, 4) is 16.3 Å². The van der Waals surface area contributed by atoms with E-state index in [4.69, 9.17) is 4.74 Å². The third-order valence-electron chi connectivity index (χ3n) is 6.03. The normalized spacial score (nSPS) is 14.2. The van der Waals surface area contributed by atoms with E-state index in [1.165, 1.54) is 34.1 Å². The maximum absolute atomic E-state index is 13.2. The Morgan fingerprint density at radius 3 is 2.58 bits per heavy atom. The van der Waals surface area contributed by atoms with Crippen LogP contribution >= 0.6 is 11.3 Å². The van der Waals surface area contributed by atoms with E-state index < -0.39 is 0 Å². The zero-order valence-corrected chi connectivity index (χ0v) is 20.7. The van der Waals surface area contributed by atoms with Gasteiger partial charge in [-0.3, -0.25) is 9.69 Å². The van der Waals surface area contributed by atoms with Crippen LogP contribution in [0.15, 0.2) is 53.3 Å². The summed E-state index contributed by atoms with van der Waals surface area (Å²) in [7, 11) is 1.58. The van der Waals surface area contributed by atoms with Gasteiger partial charge < -0.3 is 15.0 Å². The van der Waals surface area contributed by atoms with Gasteiger partial charge in [-0.15, -0.1) is 0 Å². The highest BCUT2D eigenvalue weighted by atomic mass is 32.1. The molecule has 1 fully saturated rings. The van der Waals surface area contributed by atoms with Crippen LogP contribution in [0.2, 0.25) is 0 Å². The smallest absolute Gasteiger partial charge is 0.322 e. The first-order valence-corrected chi connectivity index (χ1v) is 12.3. The molecule has 4 aromatic rings. The number of piperazine rings is 1. The summed E-state index contributed by atoms with van der Waals surface area (Å²) in [5.74, 6) is 0.288. The van der Waals surface area contributed by atoms with Gasteiger partial charge in [0.15, 0.2) is 0 Å². The van der Waals surface area contributed by atoms with Crippen LogP contribution in [0.25, 0.3) is 15.5 Å². The van der Waals surface area contributed by atoms with Crippen LogP contribution in [-0.4, -0.2) is 63.7 Å². The number of rotatable bonds is 5. The molecule has 36 heavy (non-hydrogen) atoms. The van der Waals surface area contributed by atoms with Gasteiger partial charge in [-0.1, -0.05) is 17.4 Å². The Morgan fingerprint density at radius 1 is 1.11 bits per heavy atom. The minimum absolute atomic E-state index is 0.172. The SMILES string of the molecule is COc1ccc(C)cc1NC(=O)N1CCN(Cc2cc(=O)n3nc(-c4ccc(F)cc4)sc3n2)CC1. The molecule has 0 radical (unpaired) electrons. The van der Waals surface area contributed by atoms with E-state index in [0.29, 0.717) is 59.8 Å². The summed E-state index contributed by atoms with van der Waals surface area (Å²) in [5.41, 5.74) is 2.79. The van der Waals surface area contributed by atoms with Gasteiger partial charge in [-0.25, -0.2) is 14.2 Å². The zero-order chi connectivity index (χ0) is 25.2. The summed E-state index contributed by atoms with van der Waals surface area (Å²) >= 11 is 1.28. The molecule has 3 heterocycles. The van der Waals surface area contributed by atoms with Gasteiger partial charge in [0, 0.05) is 44.4 Å². The number of fused-ring (bicyclic) bond motifs is 1. The molecule has 11 heteroatoms. The number of ether oxygens (including phenoxy) is 1. The van der Waals surface area contributed by atoms with Crippen LogP contribution in [0.1, 0.15) is 11.3 Å². The fourth-order valence-corrected chi connectivity index (χ4v) is 5.03. The first-order chi connectivity index (χ1) is 17.4. The van der Waals surface area contributed by atoms with Gasteiger partial charge in [0.1, 0.15) is 16.6 Å². The molecular weight excluding hydrogens is 483 g/mol. The molecular formula is C25H25FN6O3S. The molecule has 9 nitrogen and oxygen atoms in total. The number of hydrogen-bond acceptors (Lipinski definition) is 7. The second-order valence-electron chi connectivity index (χ2n) is 8.59. The highest BCUT2D eigenvalue weighted by molar-refractivity contribution is 7.19. The van der Waals surface area contributed by atoms with Crippen molar-refractivity contribution in [3.63, 3.8) is 0 Å². The Kier molecular flexibility index (Phi) is 6.66. The van der Waals surface area contributed by atoms with E-state index in [-0.39, 0.29) is 17.4 Å². The maximum Gasteiger partial charge on any atom is 0.322 e. The van der Waals surface area contributed by atoms with Crippen LogP contribution in [0.4, 0.5) is 14.9 Å². The Labute approximate surface area is 210 Å². The Balaban J connectivity index is 1.23. The average molecular weight is 509 g/mol. The number of nitrogens with zero attached hydrogens (tertiary/aromatic N) is 5. The molecule has 0 spiro atoms. The summed E-state index contributed by atoms with van der Waals surface area (Å²) in [6.45, 7) is 4.87. The van der Waals surface area contributed by atoms with Crippen molar-refractivity contribution in [1.82, 2.24) is 24.4 Å². The largest absolute Gasteiger partial charge is 0.495 e. The lowest BCUT2D eigenvalue weighted by atomic mass is 10.2. The fourth-order valence-electron chi connectivity index (χ4n) is 4.10. The van der Waals surface area contributed by atoms with Gasteiger partial charge in [-0.2, -0.15) is 9.61 Å². The second kappa shape index (κ2) is 10.0. The van der Waals surface area contributed by atoms with Crippen LogP contribution in [0.5, 0.6) is 5.75 Å². The number of aromatic nitrogens is 3. The van der Waals surface area contributed by atoms with Crippen molar-refractivity contribution >= 4 is 28.0 Å². The fraction of sp³-hybridized carbons (Fsp3) is 0.280. The third-order valence-corrected chi connectivity index (χ3v) is 6.99. The van der Waals surface area contributed by atoms with Crippen molar-refractivity contribution in [2.75, 3.05) is 38.6 Å². The number of nitrogens with one attached hydrogen (secondary N) is 1. The number of hydrogen-bond donors (Lipinski definition) is 1. The van der Waals surface area contributed by atoms with E-state index in [1.54, 1.807) is 24.1 Å². The summed E-state index contributed by atoms with van der Waals surface area (Å²) < 4.78 is 19.9. The molecule has 0 saturated carbocycles. The molecule has 2 amide bonds. The monoisotopic (exact) mass is 508 g/mol. The summed E-state index contributed by atoms with van der Waals surface area (Å²) in [6, 6.07) is 12.9. The van der Waals surface area contributed by atoms with Gasteiger partial charge in [0.25, 0.3) is 5.56 Å². The van der Waals surface area contributed by atoms with Crippen molar-refractivity contribution < 1.29 is 13.9 Å². The van der Waals surface area contributed by atoms with Crippen molar-refractivity contribution in [2.24, 2.45) is 0 Å². The molecule has 1 N–H and O–H groups in total. The lowest BCUT2D eigenvalue weighted by molar-refractivity contribution is 0.142. The highest BCUT2D eigenvalue weighted by Crippen LogP contribution is 2.26. The number of anilines is 1. The number of benzene rings is 2. The first-order valence-electron chi connectivity index (χ1n) is 11.5. The molecule has 5 rings (SSSR count). The molecule has 186 valence electrons. The topological polar surface area (TPSA) is 92.1 Å². The quantitative estimate of drug-likeness (QED) is 0.443. The first kappa shape index (κ1) is 23.9. The van der Waals surface area contributed by atoms with E-state index in [2.05, 4.69) is 20.3 Å². The maximum atomic E-state index is 13.2. The van der Waals surface area contributed by atoms with E-state index in [9.17, 15) is 14.0 Å². The van der Waals surface area contributed by atoms with Crippen LogP contribution in [0.3, 0.4) is 0 Å². The molecule has 0 aliphatic carbocycles. The number of halogens is 1. The van der Waals surface area contributed by atoms with E-state index >= 15 is 0 Å². The minimum Gasteiger partial charge on any atom is -0.495 e. The lowest BCUT2D eigenvalue weighted by Crippen LogP contribution is -2.49. The van der Waals surface area contributed by atoms with Crippen molar-refractivity contribution in [2.45, 2.75) is 13.5 Å². The number of methoxy groups -OCH3 is 1. The second-order valence-corrected chi connectivity index (χ2v) is 9.55. The molecule has 0 unspecified atom stereocenters. The Hall–Kier alpha value is -3.83. The van der Waals surface area contributed by atoms with Crippen molar-refractivity contribution in [1.29, 1.82) is 0 Å². The van der Waals surface area contributed by atoms with Crippen molar-refractivity contribution in [3.05, 3.63) is 76.0 Å². The Morgan fingerprint density at radius 2 is 1.86 bits per heavy atom. The number of carbonyl (C=O) groups is 1. The molecule has 0 bridgehead atoms. The number of urea groups is 1.